The number of hydrogen-bond donors (Lipinski definition) is 3. The molecule has 0 saturated carbocycles. The number of primary amides is 1. The second kappa shape index (κ2) is 14.2. The van der Waals surface area contributed by atoms with Gasteiger partial charge >= 0.3 is 12.1 Å². The van der Waals surface area contributed by atoms with Crippen LogP contribution in [0.15, 0.2) is 18.2 Å². The smallest absolute Gasteiger partial charge is 0.408 e. The fourth-order valence-electron chi connectivity index (χ4n) is 3.76. The molecule has 0 bridgehead atoms. The number of nitrogens with two attached hydrogens (primary N) is 1. The highest BCUT2D eigenvalue weighted by Crippen LogP contribution is 2.29. The lowest BCUT2D eigenvalue weighted by atomic mass is 9.93. The van der Waals surface area contributed by atoms with Gasteiger partial charge in [-0.1, -0.05) is 31.5 Å². The maximum Gasteiger partial charge on any atom is 0.408 e. The number of rotatable bonds is 12. The Labute approximate surface area is 218 Å². The van der Waals surface area contributed by atoms with Gasteiger partial charge in [0, 0.05) is 6.54 Å². The maximum absolute atomic E-state index is 13.9. The first kappa shape index (κ1) is 31.4. The standard InChI is InChI=1S/C26H40N4O7/c1-8-9-13-30(24(34)18(14-19(27)31)29-25(35)37-26(4,5)6)22(23(33)28-15-20(32)36-7)21-16(2)11-10-12-17(21)3/h10-12,18,22H,8-9,13-15H2,1-7H3,(H2,27,31)(H,28,33)(H,29,35). The first-order chi connectivity index (χ1) is 17.2. The number of esters is 1. The van der Waals surface area contributed by atoms with Crippen LogP contribution in [0, 0.1) is 13.8 Å². The number of amides is 4. The molecule has 0 aliphatic rings. The summed E-state index contributed by atoms with van der Waals surface area (Å²) in [5.41, 5.74) is 6.62. The lowest BCUT2D eigenvalue weighted by Crippen LogP contribution is -2.54. The summed E-state index contributed by atoms with van der Waals surface area (Å²) in [6.45, 7) is 10.3. The highest BCUT2D eigenvalue weighted by atomic mass is 16.6. The zero-order valence-corrected chi connectivity index (χ0v) is 22.8. The third-order valence-electron chi connectivity index (χ3n) is 5.44. The number of ether oxygens (including phenoxy) is 2. The Morgan fingerprint density at radius 2 is 1.68 bits per heavy atom. The molecule has 4 amide bonds. The second-order valence-corrected chi connectivity index (χ2v) is 9.76. The molecule has 0 fully saturated rings. The molecule has 1 aromatic rings. The lowest BCUT2D eigenvalue weighted by Gasteiger charge is -2.35. The highest BCUT2D eigenvalue weighted by molar-refractivity contribution is 5.95. The van der Waals surface area contributed by atoms with Gasteiger partial charge in [-0.25, -0.2) is 4.79 Å². The molecule has 0 radical (unpaired) electrons. The summed E-state index contributed by atoms with van der Waals surface area (Å²) in [6, 6.07) is 2.93. The second-order valence-electron chi connectivity index (χ2n) is 9.76. The van der Waals surface area contributed by atoms with Crippen LogP contribution in [0.1, 0.15) is 69.7 Å². The minimum absolute atomic E-state index is 0.144. The van der Waals surface area contributed by atoms with Crippen molar-refractivity contribution in [2.75, 3.05) is 20.2 Å². The van der Waals surface area contributed by atoms with E-state index >= 15 is 0 Å². The largest absolute Gasteiger partial charge is 0.468 e. The first-order valence-electron chi connectivity index (χ1n) is 12.2. The number of carbonyl (C=O) groups excluding carboxylic acids is 5. The molecule has 0 saturated heterocycles. The van der Waals surface area contributed by atoms with Crippen LogP contribution in [0.3, 0.4) is 0 Å². The van der Waals surface area contributed by atoms with Gasteiger partial charge in [0.15, 0.2) is 0 Å². The zero-order valence-electron chi connectivity index (χ0n) is 22.8. The van der Waals surface area contributed by atoms with Crippen molar-refractivity contribution >= 4 is 29.8 Å². The number of aryl methyl sites for hydroxylation is 2. The molecular formula is C26H40N4O7. The highest BCUT2D eigenvalue weighted by Gasteiger charge is 2.38. The van der Waals surface area contributed by atoms with Gasteiger partial charge in [-0.2, -0.15) is 0 Å². The molecule has 0 spiro atoms. The number of unbranched alkanes of at least 4 members (excludes halogenated alkanes) is 1. The summed E-state index contributed by atoms with van der Waals surface area (Å²) in [7, 11) is 1.20. The molecule has 0 aromatic heterocycles. The molecule has 0 aliphatic heterocycles. The van der Waals surface area contributed by atoms with E-state index in [1.165, 1.54) is 12.0 Å². The van der Waals surface area contributed by atoms with Crippen LogP contribution in [-0.2, 0) is 28.7 Å². The Morgan fingerprint density at radius 3 is 2.16 bits per heavy atom. The van der Waals surface area contributed by atoms with E-state index in [-0.39, 0.29) is 6.54 Å². The Balaban J connectivity index is 3.57. The van der Waals surface area contributed by atoms with Crippen LogP contribution in [0.4, 0.5) is 4.79 Å². The van der Waals surface area contributed by atoms with Gasteiger partial charge in [0.05, 0.1) is 13.5 Å². The van der Waals surface area contributed by atoms with E-state index < -0.39 is 60.4 Å². The van der Waals surface area contributed by atoms with E-state index in [0.717, 1.165) is 11.1 Å². The van der Waals surface area contributed by atoms with Crippen molar-refractivity contribution in [3.63, 3.8) is 0 Å². The Kier molecular flexibility index (Phi) is 12.0. The molecule has 2 unspecified atom stereocenters. The van der Waals surface area contributed by atoms with Gasteiger partial charge in [-0.15, -0.1) is 0 Å². The Bertz CT molecular complexity index is 967. The van der Waals surface area contributed by atoms with Gasteiger partial charge in [0.2, 0.25) is 17.7 Å². The van der Waals surface area contributed by atoms with Crippen molar-refractivity contribution in [2.45, 2.75) is 78.5 Å². The zero-order chi connectivity index (χ0) is 28.3. The monoisotopic (exact) mass is 520 g/mol. The van der Waals surface area contributed by atoms with Crippen LogP contribution in [0.2, 0.25) is 0 Å². The quantitative estimate of drug-likeness (QED) is 0.356. The van der Waals surface area contributed by atoms with Gasteiger partial charge in [0.1, 0.15) is 24.2 Å². The molecule has 37 heavy (non-hydrogen) atoms. The number of alkyl carbamates (subject to hydrolysis) is 1. The van der Waals surface area contributed by atoms with E-state index in [1.54, 1.807) is 20.8 Å². The minimum Gasteiger partial charge on any atom is -0.468 e. The van der Waals surface area contributed by atoms with Crippen molar-refractivity contribution in [1.82, 2.24) is 15.5 Å². The number of methoxy groups -OCH3 is 1. The van der Waals surface area contributed by atoms with Crippen molar-refractivity contribution in [3.05, 3.63) is 34.9 Å². The average Bonchev–Trinajstić information content (AvgIpc) is 2.78. The molecule has 11 heteroatoms. The third-order valence-corrected chi connectivity index (χ3v) is 5.44. The van der Waals surface area contributed by atoms with E-state index in [2.05, 4.69) is 15.4 Å². The number of carbonyl (C=O) groups is 5. The van der Waals surface area contributed by atoms with Crippen LogP contribution in [0.25, 0.3) is 0 Å². The molecule has 0 aliphatic carbocycles. The van der Waals surface area contributed by atoms with Crippen molar-refractivity contribution in [3.8, 4) is 0 Å². The number of hydrogen-bond acceptors (Lipinski definition) is 7. The molecule has 11 nitrogen and oxygen atoms in total. The summed E-state index contributed by atoms with van der Waals surface area (Å²) in [5.74, 6) is -2.76. The molecule has 4 N–H and O–H groups in total. The number of nitrogens with one attached hydrogen (secondary N) is 2. The van der Waals surface area contributed by atoms with Crippen molar-refractivity contribution in [1.29, 1.82) is 0 Å². The van der Waals surface area contributed by atoms with E-state index in [0.29, 0.717) is 18.4 Å². The molecule has 1 aromatic carbocycles. The van der Waals surface area contributed by atoms with Crippen LogP contribution in [-0.4, -0.2) is 66.5 Å². The van der Waals surface area contributed by atoms with E-state index in [1.807, 2.05) is 39.0 Å². The summed E-state index contributed by atoms with van der Waals surface area (Å²) < 4.78 is 9.89. The minimum atomic E-state index is -1.37. The van der Waals surface area contributed by atoms with Crippen molar-refractivity contribution in [2.24, 2.45) is 5.73 Å². The van der Waals surface area contributed by atoms with Gasteiger partial charge in [-0.05, 0) is 57.7 Å². The van der Waals surface area contributed by atoms with E-state index in [4.69, 9.17) is 10.5 Å². The topological polar surface area (TPSA) is 157 Å². The first-order valence-corrected chi connectivity index (χ1v) is 12.2. The average molecular weight is 521 g/mol. The molecule has 206 valence electrons. The Hall–Kier alpha value is -3.63. The molecule has 2 atom stereocenters. The molecule has 0 heterocycles. The molecule has 1 rings (SSSR count). The van der Waals surface area contributed by atoms with Crippen LogP contribution in [0.5, 0.6) is 0 Å². The molecular weight excluding hydrogens is 480 g/mol. The van der Waals surface area contributed by atoms with E-state index in [9.17, 15) is 24.0 Å². The van der Waals surface area contributed by atoms with Crippen LogP contribution < -0.4 is 16.4 Å². The fraction of sp³-hybridized carbons (Fsp3) is 0.577. The Morgan fingerprint density at radius 1 is 1.08 bits per heavy atom. The van der Waals surface area contributed by atoms with Crippen molar-refractivity contribution < 1.29 is 33.4 Å². The predicted molar refractivity (Wildman–Crippen MR) is 137 cm³/mol. The summed E-state index contributed by atoms with van der Waals surface area (Å²) in [5, 5.41) is 4.98. The maximum atomic E-state index is 13.9. The van der Waals surface area contributed by atoms with Gasteiger partial charge < -0.3 is 30.7 Å². The SMILES string of the molecule is CCCCN(C(=O)C(CC(N)=O)NC(=O)OC(C)(C)C)C(C(=O)NCC(=O)OC)c1c(C)cccc1C. The summed E-state index contributed by atoms with van der Waals surface area (Å²) in [6.07, 6.45) is -0.161. The summed E-state index contributed by atoms with van der Waals surface area (Å²) in [4.78, 5) is 64.8. The fourth-order valence-corrected chi connectivity index (χ4v) is 3.76. The van der Waals surface area contributed by atoms with Crippen LogP contribution >= 0.6 is 0 Å². The van der Waals surface area contributed by atoms with Gasteiger partial charge in [-0.3, -0.25) is 19.2 Å². The normalized spacial score (nSPS) is 12.6. The number of nitrogens with zero attached hydrogens (tertiary/aromatic N) is 1. The predicted octanol–water partition coefficient (Wildman–Crippen LogP) is 2.03. The van der Waals surface area contributed by atoms with Gasteiger partial charge in [0.25, 0.3) is 0 Å². The number of benzene rings is 1. The lowest BCUT2D eigenvalue weighted by molar-refractivity contribution is -0.145. The summed E-state index contributed by atoms with van der Waals surface area (Å²) >= 11 is 0. The third kappa shape index (κ3) is 10.1.